The molecule has 4 nitrogen and oxygen atoms in total. The Hall–Kier alpha value is -1.06. The van der Waals surface area contributed by atoms with E-state index in [2.05, 4.69) is 0 Å². The predicted octanol–water partition coefficient (Wildman–Crippen LogP) is 2.67. The van der Waals surface area contributed by atoms with Gasteiger partial charge in [-0.25, -0.2) is 4.79 Å². The van der Waals surface area contributed by atoms with E-state index in [1.807, 2.05) is 27.7 Å². The fraction of sp³-hybridized carbons (Fsp3) is 0.818. The molecule has 0 saturated heterocycles. The normalized spacial score (nSPS) is 11.7. The Labute approximate surface area is 92.1 Å². The van der Waals surface area contributed by atoms with Gasteiger partial charge < -0.3 is 15.0 Å². The summed E-state index contributed by atoms with van der Waals surface area (Å²) in [7, 11) is 0. The first kappa shape index (κ1) is 13.9. The molecule has 1 N–H and O–H groups in total. The Morgan fingerprint density at radius 3 is 1.93 bits per heavy atom. The van der Waals surface area contributed by atoms with E-state index in [0.717, 1.165) is 6.21 Å². The number of nitrogens with one attached hydrogen (secondary N) is 1. The molecule has 88 valence electrons. The van der Waals surface area contributed by atoms with Crippen LogP contribution < -0.4 is 0 Å². The van der Waals surface area contributed by atoms with Gasteiger partial charge in [0.05, 0.1) is 0 Å². The van der Waals surface area contributed by atoms with E-state index < -0.39 is 5.60 Å². The highest BCUT2D eigenvalue weighted by Crippen LogP contribution is 2.13. The van der Waals surface area contributed by atoms with E-state index in [9.17, 15) is 4.79 Å². The predicted molar refractivity (Wildman–Crippen MR) is 61.5 cm³/mol. The molecule has 0 aromatic carbocycles. The maximum absolute atomic E-state index is 11.8. The molecule has 0 spiro atoms. The number of amides is 1. The summed E-state index contributed by atoms with van der Waals surface area (Å²) in [4.78, 5) is 13.5. The van der Waals surface area contributed by atoms with Crippen LogP contribution in [0.1, 0.15) is 41.5 Å². The zero-order valence-electron chi connectivity index (χ0n) is 10.5. The molecule has 0 unspecified atom stereocenters. The lowest BCUT2D eigenvalue weighted by molar-refractivity contribution is 0.0369. The van der Waals surface area contributed by atoms with E-state index >= 15 is 0 Å². The molecular weight excluding hydrogens is 192 g/mol. The molecule has 15 heavy (non-hydrogen) atoms. The van der Waals surface area contributed by atoms with Crippen molar-refractivity contribution in [3.05, 3.63) is 0 Å². The van der Waals surface area contributed by atoms with Crippen LogP contribution in [0.15, 0.2) is 0 Å². The van der Waals surface area contributed by atoms with Gasteiger partial charge in [0.2, 0.25) is 0 Å². The van der Waals surface area contributed by atoms with Gasteiger partial charge in [-0.15, -0.1) is 0 Å². The molecule has 0 aliphatic carbocycles. The van der Waals surface area contributed by atoms with Crippen LogP contribution in [0, 0.1) is 5.41 Å². The SMILES string of the molecule is CC(C)N(C(=O)OC(C)(C)C=N)C(C)C. The van der Waals surface area contributed by atoms with Gasteiger partial charge in [0, 0.05) is 18.3 Å². The molecular formula is C11H22N2O2. The fourth-order valence-electron chi connectivity index (χ4n) is 1.33. The Bertz CT molecular complexity index is 227. The van der Waals surface area contributed by atoms with Crippen molar-refractivity contribution in [2.24, 2.45) is 0 Å². The van der Waals surface area contributed by atoms with Gasteiger partial charge in [-0.3, -0.25) is 0 Å². The lowest BCUT2D eigenvalue weighted by atomic mass is 10.2. The topological polar surface area (TPSA) is 53.4 Å². The number of hydrogen-bond acceptors (Lipinski definition) is 3. The van der Waals surface area contributed by atoms with Crippen molar-refractivity contribution in [1.29, 1.82) is 5.41 Å². The van der Waals surface area contributed by atoms with Crippen LogP contribution in [0.3, 0.4) is 0 Å². The zero-order chi connectivity index (χ0) is 12.2. The van der Waals surface area contributed by atoms with Crippen molar-refractivity contribution in [1.82, 2.24) is 4.90 Å². The molecule has 0 radical (unpaired) electrons. The van der Waals surface area contributed by atoms with Crippen LogP contribution in [-0.4, -0.2) is 34.9 Å². The average molecular weight is 214 g/mol. The van der Waals surface area contributed by atoms with Crippen LogP contribution in [0.5, 0.6) is 0 Å². The molecule has 0 rings (SSSR count). The first-order chi connectivity index (χ1) is 6.71. The molecule has 0 aliphatic heterocycles. The minimum Gasteiger partial charge on any atom is -0.438 e. The number of carbonyl (C=O) groups excluding carboxylic acids is 1. The highest BCUT2D eigenvalue weighted by atomic mass is 16.6. The minimum absolute atomic E-state index is 0.0963. The van der Waals surface area contributed by atoms with Gasteiger partial charge in [0.25, 0.3) is 0 Å². The molecule has 0 bridgehead atoms. The fourth-order valence-corrected chi connectivity index (χ4v) is 1.33. The summed E-state index contributed by atoms with van der Waals surface area (Å²) in [6.45, 7) is 11.2. The van der Waals surface area contributed by atoms with Gasteiger partial charge in [-0.05, 0) is 41.5 Å². The minimum atomic E-state index is -0.834. The maximum atomic E-state index is 11.8. The van der Waals surface area contributed by atoms with E-state index in [4.69, 9.17) is 10.1 Å². The highest BCUT2D eigenvalue weighted by molar-refractivity contribution is 5.74. The van der Waals surface area contributed by atoms with Crippen molar-refractivity contribution in [2.75, 3.05) is 0 Å². The van der Waals surface area contributed by atoms with Gasteiger partial charge in [-0.2, -0.15) is 0 Å². The third-order valence-electron chi connectivity index (χ3n) is 2.02. The molecule has 0 aromatic heterocycles. The number of nitrogens with zero attached hydrogens (tertiary/aromatic N) is 1. The maximum Gasteiger partial charge on any atom is 0.411 e. The number of ether oxygens (including phenoxy) is 1. The smallest absolute Gasteiger partial charge is 0.411 e. The van der Waals surface area contributed by atoms with E-state index in [1.54, 1.807) is 18.7 Å². The second-order valence-corrected chi connectivity index (χ2v) is 4.71. The Morgan fingerprint density at radius 1 is 1.27 bits per heavy atom. The van der Waals surface area contributed by atoms with Gasteiger partial charge in [0.15, 0.2) is 0 Å². The lowest BCUT2D eigenvalue weighted by Crippen LogP contribution is -2.45. The standard InChI is InChI=1S/C11H22N2O2/c1-8(2)13(9(3)4)10(14)15-11(5,6)7-12/h7-9,12H,1-6H3. The van der Waals surface area contributed by atoms with Crippen molar-refractivity contribution >= 4 is 12.3 Å². The lowest BCUT2D eigenvalue weighted by Gasteiger charge is -2.32. The highest BCUT2D eigenvalue weighted by Gasteiger charge is 2.27. The van der Waals surface area contributed by atoms with Crippen molar-refractivity contribution in [3.63, 3.8) is 0 Å². The van der Waals surface area contributed by atoms with Crippen molar-refractivity contribution in [3.8, 4) is 0 Å². The first-order valence-electron chi connectivity index (χ1n) is 5.24. The van der Waals surface area contributed by atoms with Crippen LogP contribution in [0.2, 0.25) is 0 Å². The van der Waals surface area contributed by atoms with E-state index in [-0.39, 0.29) is 18.2 Å². The quantitative estimate of drug-likeness (QED) is 0.731. The van der Waals surface area contributed by atoms with Crippen LogP contribution >= 0.6 is 0 Å². The largest absolute Gasteiger partial charge is 0.438 e. The summed E-state index contributed by atoms with van der Waals surface area (Å²) in [5, 5.41) is 7.13. The zero-order valence-corrected chi connectivity index (χ0v) is 10.5. The second-order valence-electron chi connectivity index (χ2n) is 4.71. The Morgan fingerprint density at radius 2 is 1.67 bits per heavy atom. The summed E-state index contributed by atoms with van der Waals surface area (Å²) >= 11 is 0. The molecule has 0 aliphatic rings. The second kappa shape index (κ2) is 5.14. The molecule has 0 heterocycles. The van der Waals surface area contributed by atoms with Crippen LogP contribution in [-0.2, 0) is 4.74 Å². The van der Waals surface area contributed by atoms with Crippen LogP contribution in [0.25, 0.3) is 0 Å². The number of carbonyl (C=O) groups is 1. The van der Waals surface area contributed by atoms with E-state index in [0.29, 0.717) is 0 Å². The van der Waals surface area contributed by atoms with E-state index in [1.165, 1.54) is 0 Å². The summed E-state index contributed by atoms with van der Waals surface area (Å²) in [5.41, 5.74) is -0.834. The Balaban J connectivity index is 4.60. The summed E-state index contributed by atoms with van der Waals surface area (Å²) in [6.07, 6.45) is 0.762. The summed E-state index contributed by atoms with van der Waals surface area (Å²) in [6, 6.07) is 0.193. The van der Waals surface area contributed by atoms with Gasteiger partial charge >= 0.3 is 6.09 Å². The molecule has 4 heteroatoms. The Kier molecular flexibility index (Phi) is 4.78. The third-order valence-corrected chi connectivity index (χ3v) is 2.02. The third kappa shape index (κ3) is 4.32. The summed E-state index contributed by atoms with van der Waals surface area (Å²) < 4.78 is 5.22. The average Bonchev–Trinajstić information content (AvgIpc) is 2.01. The van der Waals surface area contributed by atoms with Gasteiger partial charge in [-0.1, -0.05) is 0 Å². The van der Waals surface area contributed by atoms with Crippen LogP contribution in [0.4, 0.5) is 4.79 Å². The van der Waals surface area contributed by atoms with Crippen molar-refractivity contribution < 1.29 is 9.53 Å². The molecule has 0 fully saturated rings. The monoisotopic (exact) mass is 214 g/mol. The number of rotatable bonds is 4. The number of hydrogen-bond donors (Lipinski definition) is 1. The van der Waals surface area contributed by atoms with Crippen molar-refractivity contribution in [2.45, 2.75) is 59.2 Å². The molecule has 0 saturated carbocycles. The molecule has 0 aromatic rings. The molecule has 1 amide bonds. The summed E-state index contributed by atoms with van der Waals surface area (Å²) in [5.74, 6) is 0. The first-order valence-corrected chi connectivity index (χ1v) is 5.24. The van der Waals surface area contributed by atoms with Gasteiger partial charge in [0.1, 0.15) is 5.60 Å². The molecule has 0 atom stereocenters.